The van der Waals surface area contributed by atoms with Crippen molar-refractivity contribution in [2.24, 2.45) is 0 Å². The average Bonchev–Trinajstić information content (AvgIpc) is 1.54. The number of aromatic amines is 1. The van der Waals surface area contributed by atoms with Gasteiger partial charge in [0.2, 0.25) is 23.3 Å². The van der Waals surface area contributed by atoms with E-state index in [1.54, 1.807) is 18.2 Å². The summed E-state index contributed by atoms with van der Waals surface area (Å²) in [7, 11) is 0. The summed E-state index contributed by atoms with van der Waals surface area (Å²) in [5.74, 6) is -59.0. The number of rotatable bonds is 8. The molecule has 0 radical (unpaired) electrons. The zero-order valence-electron chi connectivity index (χ0n) is 47.4. The van der Waals surface area contributed by atoms with E-state index in [1.807, 2.05) is 0 Å². The van der Waals surface area contributed by atoms with Crippen LogP contribution in [0.2, 0.25) is 0 Å². The van der Waals surface area contributed by atoms with E-state index in [9.17, 15) is 0 Å². The summed E-state index contributed by atoms with van der Waals surface area (Å²) in [5, 5.41) is 0. The molecule has 0 atom stereocenters. The number of fused-ring (bicyclic) bond motifs is 8. The first-order chi connectivity index (χ1) is 46.0. The van der Waals surface area contributed by atoms with Crippen molar-refractivity contribution in [3.05, 3.63) is 278 Å². The summed E-state index contributed by atoms with van der Waals surface area (Å²) >= 11 is -5.12. The van der Waals surface area contributed by atoms with Crippen molar-refractivity contribution in [3.63, 3.8) is 0 Å². The third-order valence-electron chi connectivity index (χ3n) is 15.3. The normalized spacial score (nSPS) is 12.1. The molecule has 0 amide bonds. The maximum atomic E-state index is 17.9. The number of nitrogens with zero attached hydrogens (tertiary/aromatic N) is 3. The molecule has 0 saturated heterocycles. The third kappa shape index (κ3) is 11.0. The van der Waals surface area contributed by atoms with Gasteiger partial charge in [0.25, 0.3) is 0 Å². The number of hydrogen-bond acceptors (Lipinski definition) is 4. The van der Waals surface area contributed by atoms with E-state index in [2.05, 4.69) is 9.97 Å². The molecule has 0 spiro atoms. The molecule has 0 aliphatic carbocycles. The van der Waals surface area contributed by atoms with Crippen LogP contribution in [0.1, 0.15) is 28.3 Å². The van der Waals surface area contributed by atoms with Gasteiger partial charge in [-0.15, -0.1) is 0 Å². The Morgan fingerprint density at radius 1 is 0.299 bits per heavy atom. The molecule has 0 unspecified atom stereocenters. The molecule has 5 heterocycles. The summed E-state index contributed by atoms with van der Waals surface area (Å²) in [5.41, 5.74) is -25.9. The molecule has 29 heteroatoms. The van der Waals surface area contributed by atoms with E-state index in [1.165, 1.54) is 72.8 Å². The monoisotopic (exact) mass is 1400 g/mol. The second-order valence-corrected chi connectivity index (χ2v) is 22.1. The second kappa shape index (κ2) is 25.0. The Labute approximate surface area is 531 Å². The number of H-pyrrole nitrogens is 1. The van der Waals surface area contributed by atoms with Crippen LogP contribution in [-0.2, 0) is 21.0 Å². The van der Waals surface area contributed by atoms with Gasteiger partial charge in [-0.1, -0.05) is 121 Å². The Bertz CT molecular complexity index is 5440. The van der Waals surface area contributed by atoms with Gasteiger partial charge in [-0.3, -0.25) is 0 Å². The first-order valence-corrected chi connectivity index (χ1v) is 29.3. The number of hydrogen-bond donors (Lipinski definition) is 3. The van der Waals surface area contributed by atoms with Gasteiger partial charge in [0.1, 0.15) is 5.69 Å². The molecule has 8 nitrogen and oxygen atoms in total. The van der Waals surface area contributed by atoms with Gasteiger partial charge >= 0.3 is 29.4 Å². The predicted octanol–water partition coefficient (Wildman–Crippen LogP) is 19.0. The van der Waals surface area contributed by atoms with E-state index in [4.69, 9.17) is 21.0 Å². The van der Waals surface area contributed by atoms with Crippen LogP contribution in [-0.4, -0.2) is 27.9 Å². The van der Waals surface area contributed by atoms with E-state index in [0.29, 0.717) is 6.08 Å². The fourth-order valence-corrected chi connectivity index (χ4v) is 11.4. The van der Waals surface area contributed by atoms with E-state index in [-0.39, 0.29) is 43.5 Å². The number of benzene rings is 8. The molecule has 0 saturated carbocycles. The van der Waals surface area contributed by atoms with Gasteiger partial charge in [-0.05, 0) is 52.6 Å². The summed E-state index contributed by atoms with van der Waals surface area (Å²) in [6.07, 6.45) is 2.83. The van der Waals surface area contributed by atoms with Crippen LogP contribution in [0, 0.1) is 116 Å². The zero-order valence-corrected chi connectivity index (χ0v) is 48.6. The quantitative estimate of drug-likeness (QED) is 0.0603. The maximum absolute atomic E-state index is 17.9. The van der Waals surface area contributed by atoms with Crippen LogP contribution in [0.3, 0.4) is 0 Å². The summed E-state index contributed by atoms with van der Waals surface area (Å²) in [6.45, 7) is 0. The SMILES string of the molecule is Fc1c(F)c(F)c(C2=Cc3nc2c(-c2ccccc2)c2c(-c4c(F)c(F)c(F)c(F)c4F)c(-c4c(F)c(F)c(F)c(F)c4F)c(c(-c4ccccc4)c4nc(c(-c5ccccc5)c5ccc([nH]5)c3-c3ccccc3)C=C4)n2-c2c(F)c(F)c(F)c(F)c2F)c(F)c1F.[O]=[Mn](=[O])([OH])[OH]. The molecule has 0 fully saturated rings. The molecule has 2 aliphatic heterocycles. The van der Waals surface area contributed by atoms with Crippen molar-refractivity contribution in [3.8, 4) is 72.4 Å². The topological polar surface area (TPSA) is 121 Å². The average molecular weight is 1400 g/mol. The van der Waals surface area contributed by atoms with E-state index < -0.39 is 219 Å². The van der Waals surface area contributed by atoms with Crippen LogP contribution in [0.4, 0.5) is 87.8 Å². The second-order valence-electron chi connectivity index (χ2n) is 20.8. The predicted molar refractivity (Wildman–Crippen MR) is 306 cm³/mol. The van der Waals surface area contributed by atoms with Gasteiger partial charge in [0.15, 0.2) is 93.1 Å². The van der Waals surface area contributed by atoms with Crippen molar-refractivity contribution in [2.75, 3.05) is 0 Å². The Hall–Kier alpha value is -11.0. The zero-order chi connectivity index (χ0) is 69.7. The molecular weight excluding hydrogens is 1370 g/mol. The molecule has 3 aromatic heterocycles. The fraction of sp³-hybridized carbons (Fsp3) is 0. The van der Waals surface area contributed by atoms with E-state index >= 15 is 87.8 Å². The van der Waals surface area contributed by atoms with Crippen LogP contribution in [0.15, 0.2) is 133 Å². The first-order valence-electron chi connectivity index (χ1n) is 27.3. The van der Waals surface area contributed by atoms with Crippen molar-refractivity contribution >= 4 is 45.9 Å². The van der Waals surface area contributed by atoms with Crippen LogP contribution >= 0.6 is 0 Å². The van der Waals surface area contributed by atoms with Crippen LogP contribution in [0.25, 0.3) is 118 Å². The number of halogens is 20. The van der Waals surface area contributed by atoms with Gasteiger partial charge in [-0.2, -0.15) is 0 Å². The standard InChI is InChI=1S/C68H26F20N4.Mn.2H2O.2O/c69-45-40(46(70)52(76)57(81)51(45)75)30-25-35-37(27-15-7-2-8-16-27)33-22-21-31(89-33)36(26-13-5-1-6-14-26)32-23-24-34(90-32)38(28-17-9-3-10-18-28)66-41(43-47(71)53(77)58(82)54(78)48(43)72)42(44-49(73)55(79)59(83)56(80)50(44)74)67(39(65(30)91-35)29-19-11-4-12-20-29)92(66)68-63(87)61(85)60(84)62(86)64(68)88;;;;;/h1-25,89H;;2*1H2;;/q;+2;;;;/p-2. The Balaban J connectivity index is 0.00000173. The third-order valence-corrected chi connectivity index (χ3v) is 15.3. The Kier molecular flexibility index (Phi) is 17.0. The minimum absolute atomic E-state index is 0.0490. The first kappa shape index (κ1) is 66.0. The minimum atomic E-state index is -5.12. The summed E-state index contributed by atoms with van der Waals surface area (Å²) < 4.78 is 365. The molecule has 8 bridgehead atoms. The molecule has 11 aromatic rings. The number of nitrogens with one attached hydrogen (secondary N) is 1. The Morgan fingerprint density at radius 3 is 0.938 bits per heavy atom. The van der Waals surface area contributed by atoms with Crippen LogP contribution in [0.5, 0.6) is 0 Å². The number of aromatic nitrogens is 4. The Morgan fingerprint density at radius 2 is 0.577 bits per heavy atom. The molecule has 13 rings (SSSR count). The summed E-state index contributed by atoms with van der Waals surface area (Å²) in [4.78, 5) is 12.7. The molecule has 97 heavy (non-hydrogen) atoms. The fourth-order valence-electron chi connectivity index (χ4n) is 11.4. The van der Waals surface area contributed by atoms with Crippen molar-refractivity contribution in [2.45, 2.75) is 0 Å². The van der Waals surface area contributed by atoms with Gasteiger partial charge in [0.05, 0.1) is 50.5 Å². The molecule has 491 valence electrons. The molecule has 3 N–H and O–H groups in total. The molecule has 2 aliphatic rings. The van der Waals surface area contributed by atoms with Crippen molar-refractivity contribution in [1.29, 1.82) is 0 Å². The van der Waals surface area contributed by atoms with Gasteiger partial charge in [-0.25, -0.2) is 97.8 Å². The van der Waals surface area contributed by atoms with Crippen LogP contribution < -0.4 is 0 Å². The molecule has 8 aromatic carbocycles. The van der Waals surface area contributed by atoms with Crippen molar-refractivity contribution < 1.29 is 117 Å². The van der Waals surface area contributed by atoms with Crippen molar-refractivity contribution in [1.82, 2.24) is 19.5 Å². The summed E-state index contributed by atoms with van der Waals surface area (Å²) in [6, 6.07) is 28.3. The van der Waals surface area contributed by atoms with E-state index in [0.717, 1.165) is 54.6 Å². The van der Waals surface area contributed by atoms with Gasteiger partial charge < -0.3 is 9.55 Å². The van der Waals surface area contributed by atoms with Gasteiger partial charge in [0, 0.05) is 50.0 Å². The molecular formula is C68H28F20MnN4O4.